The van der Waals surface area contributed by atoms with E-state index in [4.69, 9.17) is 15.2 Å². The van der Waals surface area contributed by atoms with Gasteiger partial charge in [0.15, 0.2) is 0 Å². The highest BCUT2D eigenvalue weighted by Gasteiger charge is 2.29. The number of nitrogens with one attached hydrogen (secondary N) is 1. The minimum absolute atomic E-state index is 0.0386. The Labute approximate surface area is 183 Å². The summed E-state index contributed by atoms with van der Waals surface area (Å²) in [5.41, 5.74) is 2.68. The van der Waals surface area contributed by atoms with Crippen LogP contribution in [0.1, 0.15) is 20.7 Å². The predicted octanol–water partition coefficient (Wildman–Crippen LogP) is 2.20. The van der Waals surface area contributed by atoms with Crippen molar-refractivity contribution in [3.05, 3.63) is 63.9 Å². The number of anilines is 1. The van der Waals surface area contributed by atoms with Gasteiger partial charge in [-0.25, -0.2) is 13.8 Å². The molecule has 0 amide bonds. The smallest absolute Gasteiger partial charge is 0.342 e. The van der Waals surface area contributed by atoms with Crippen LogP contribution in [0.25, 0.3) is 11.1 Å². The predicted molar refractivity (Wildman–Crippen MR) is 115 cm³/mol. The normalized spacial score (nSPS) is 11.6. The quantitative estimate of drug-likeness (QED) is 0.414. The molecule has 0 bridgehead atoms. The maximum absolute atomic E-state index is 13.6. The van der Waals surface area contributed by atoms with Crippen LogP contribution in [0.5, 0.6) is 11.5 Å². The summed E-state index contributed by atoms with van der Waals surface area (Å²) in [5.74, 6) is -3.09. The van der Waals surface area contributed by atoms with Crippen LogP contribution in [-0.4, -0.2) is 45.6 Å². The lowest BCUT2D eigenvalue weighted by Gasteiger charge is -2.16. The van der Waals surface area contributed by atoms with Gasteiger partial charge < -0.3 is 30.4 Å². The molecule has 1 unspecified atom stereocenters. The van der Waals surface area contributed by atoms with Gasteiger partial charge in [-0.15, -0.1) is 0 Å². The van der Waals surface area contributed by atoms with E-state index in [-0.39, 0.29) is 21.1 Å². The van der Waals surface area contributed by atoms with Crippen LogP contribution in [0, 0.1) is 0 Å². The fraction of sp³-hybridized carbons (Fsp3) is 0.0952. The monoisotopic (exact) mass is 458 g/mol. The average molecular weight is 458 g/mol. The number of nitrogens with two attached hydrogens (primary N) is 1. The lowest BCUT2D eigenvalue weighted by molar-refractivity contribution is 0.0695. The zero-order valence-electron chi connectivity index (χ0n) is 16.9. The number of nitrogen functional groups attached to an aromatic ring is 1. The summed E-state index contributed by atoms with van der Waals surface area (Å²) in [4.78, 5) is 38.5. The number of benzene rings is 2. The summed E-state index contributed by atoms with van der Waals surface area (Å²) in [7, 11) is 0.834. The van der Waals surface area contributed by atoms with Gasteiger partial charge in [-0.1, -0.05) is 18.2 Å². The zero-order valence-corrected chi connectivity index (χ0v) is 17.7. The first-order valence-electron chi connectivity index (χ1n) is 8.96. The highest BCUT2D eigenvalue weighted by molar-refractivity contribution is 7.85. The van der Waals surface area contributed by atoms with Crippen molar-refractivity contribution in [2.75, 3.05) is 20.0 Å². The Bertz CT molecular complexity index is 1320. The fourth-order valence-corrected chi connectivity index (χ4v) is 4.56. The number of H-pyrrole nitrogens is 1. The summed E-state index contributed by atoms with van der Waals surface area (Å²) in [5, 5.41) is 19.3. The SMILES string of the molecule is COc1ccc(OC)c(S(=O)c2ccccc2-c2c(C(=O)O)c(N)[nH]c(=O)c2C(=O)O)c1. The van der Waals surface area contributed by atoms with Gasteiger partial charge in [0.25, 0.3) is 5.56 Å². The number of carboxylic acid groups (broad SMARTS) is 2. The van der Waals surface area contributed by atoms with Crippen LogP contribution in [0.4, 0.5) is 5.82 Å². The molecular weight excluding hydrogens is 440 g/mol. The highest BCUT2D eigenvalue weighted by Crippen LogP contribution is 2.37. The molecule has 11 heteroatoms. The minimum atomic E-state index is -1.98. The molecule has 5 N–H and O–H groups in total. The number of carboxylic acids is 2. The molecule has 3 aromatic rings. The molecule has 0 radical (unpaired) electrons. The maximum Gasteiger partial charge on any atom is 0.342 e. The first kappa shape index (κ1) is 22.6. The largest absolute Gasteiger partial charge is 0.497 e. The first-order chi connectivity index (χ1) is 15.2. The summed E-state index contributed by atoms with van der Waals surface area (Å²) in [6.45, 7) is 0. The second-order valence-electron chi connectivity index (χ2n) is 6.38. The van der Waals surface area contributed by atoms with E-state index in [1.54, 1.807) is 18.2 Å². The van der Waals surface area contributed by atoms with Crippen molar-refractivity contribution in [1.29, 1.82) is 0 Å². The number of pyridine rings is 1. The fourth-order valence-electron chi connectivity index (χ4n) is 3.20. The molecule has 0 aliphatic rings. The zero-order chi connectivity index (χ0) is 23.6. The first-order valence-corrected chi connectivity index (χ1v) is 10.1. The molecule has 0 spiro atoms. The topological polar surface area (TPSA) is 169 Å². The van der Waals surface area contributed by atoms with Gasteiger partial charge in [0, 0.05) is 17.2 Å². The number of aromatic amines is 1. The van der Waals surface area contributed by atoms with Crippen molar-refractivity contribution in [1.82, 2.24) is 4.98 Å². The molecule has 1 atom stereocenters. The molecule has 2 aromatic carbocycles. The standard InChI is InChI=1S/C21H18N2O8S/c1-30-10-7-8-12(31-2)14(9-10)32(29)13-6-4-3-5-11(13)15-16(20(25)26)18(22)23-19(24)17(15)21(27)28/h3-9H,1-2H3,(H,25,26)(H,27,28)(H3,22,23,24). The highest BCUT2D eigenvalue weighted by atomic mass is 32.2. The molecule has 10 nitrogen and oxygen atoms in total. The number of ether oxygens (including phenoxy) is 2. The van der Waals surface area contributed by atoms with E-state index in [0.29, 0.717) is 5.75 Å². The van der Waals surface area contributed by atoms with E-state index < -0.39 is 50.8 Å². The number of aromatic nitrogens is 1. The van der Waals surface area contributed by atoms with E-state index in [0.717, 1.165) is 0 Å². The van der Waals surface area contributed by atoms with Crippen molar-refractivity contribution in [2.45, 2.75) is 9.79 Å². The van der Waals surface area contributed by atoms with Crippen LogP contribution >= 0.6 is 0 Å². The lowest BCUT2D eigenvalue weighted by atomic mass is 9.95. The van der Waals surface area contributed by atoms with Crippen molar-refractivity contribution >= 4 is 28.6 Å². The van der Waals surface area contributed by atoms with Gasteiger partial charge in [-0.05, 0) is 18.2 Å². The van der Waals surface area contributed by atoms with E-state index in [2.05, 4.69) is 0 Å². The molecule has 3 rings (SSSR count). The Hall–Kier alpha value is -4.12. The third-order valence-corrected chi connectivity index (χ3v) is 6.07. The number of carbonyl (C=O) groups is 2. The molecular formula is C21H18N2O8S. The summed E-state index contributed by atoms with van der Waals surface area (Å²) < 4.78 is 24.0. The Morgan fingerprint density at radius 1 is 0.969 bits per heavy atom. The molecule has 1 aromatic heterocycles. The average Bonchev–Trinajstić information content (AvgIpc) is 2.76. The Morgan fingerprint density at radius 2 is 1.62 bits per heavy atom. The number of rotatable bonds is 7. The lowest BCUT2D eigenvalue weighted by Crippen LogP contribution is -2.24. The van der Waals surface area contributed by atoms with E-state index in [1.165, 1.54) is 38.5 Å². The Kier molecular flexibility index (Phi) is 6.30. The molecule has 0 aliphatic heterocycles. The third kappa shape index (κ3) is 3.93. The number of methoxy groups -OCH3 is 2. The van der Waals surface area contributed by atoms with Crippen molar-refractivity contribution < 1.29 is 33.5 Å². The van der Waals surface area contributed by atoms with Gasteiger partial charge in [0.1, 0.15) is 28.4 Å². The maximum atomic E-state index is 13.6. The molecule has 1 heterocycles. The molecule has 0 aliphatic carbocycles. The minimum Gasteiger partial charge on any atom is -0.497 e. The van der Waals surface area contributed by atoms with Gasteiger partial charge in [-0.3, -0.25) is 4.79 Å². The molecule has 0 fully saturated rings. The van der Waals surface area contributed by atoms with Gasteiger partial charge in [0.05, 0.1) is 34.8 Å². The summed E-state index contributed by atoms with van der Waals surface area (Å²) in [6, 6.07) is 10.5. The van der Waals surface area contributed by atoms with Crippen molar-refractivity contribution in [2.24, 2.45) is 0 Å². The summed E-state index contributed by atoms with van der Waals surface area (Å²) >= 11 is 0. The number of aromatic carboxylic acids is 2. The van der Waals surface area contributed by atoms with E-state index in [1.807, 2.05) is 4.98 Å². The molecule has 166 valence electrons. The molecule has 32 heavy (non-hydrogen) atoms. The van der Waals surface area contributed by atoms with Crippen molar-refractivity contribution in [3.63, 3.8) is 0 Å². The summed E-state index contributed by atoms with van der Waals surface area (Å²) in [6.07, 6.45) is 0. The molecule has 0 saturated heterocycles. The Morgan fingerprint density at radius 3 is 2.22 bits per heavy atom. The van der Waals surface area contributed by atoms with E-state index >= 15 is 0 Å². The number of hydrogen-bond donors (Lipinski definition) is 4. The second kappa shape index (κ2) is 8.94. The van der Waals surface area contributed by atoms with Crippen LogP contribution in [-0.2, 0) is 10.8 Å². The third-order valence-electron chi connectivity index (χ3n) is 4.60. The van der Waals surface area contributed by atoms with Crippen LogP contribution < -0.4 is 20.8 Å². The van der Waals surface area contributed by atoms with Gasteiger partial charge in [0.2, 0.25) is 0 Å². The van der Waals surface area contributed by atoms with Crippen molar-refractivity contribution in [3.8, 4) is 22.6 Å². The van der Waals surface area contributed by atoms with Crippen LogP contribution in [0.3, 0.4) is 0 Å². The molecule has 0 saturated carbocycles. The van der Waals surface area contributed by atoms with Gasteiger partial charge in [-0.2, -0.15) is 0 Å². The Balaban J connectivity index is 2.39. The van der Waals surface area contributed by atoms with Crippen LogP contribution in [0.15, 0.2) is 57.1 Å². The van der Waals surface area contributed by atoms with Gasteiger partial charge >= 0.3 is 11.9 Å². The number of hydrogen-bond acceptors (Lipinski definition) is 7. The van der Waals surface area contributed by atoms with E-state index in [9.17, 15) is 28.8 Å². The second-order valence-corrected chi connectivity index (χ2v) is 7.80. The van der Waals surface area contributed by atoms with Crippen LogP contribution in [0.2, 0.25) is 0 Å².